The van der Waals surface area contributed by atoms with Crippen molar-refractivity contribution in [3.05, 3.63) is 148 Å². The Morgan fingerprint density at radius 2 is 1.42 bits per heavy atom. The average molecular weight is 600 g/mol. The number of benzene rings is 3. The summed E-state index contributed by atoms with van der Waals surface area (Å²) in [5.41, 5.74) is 1.66. The number of amides is 2. The van der Waals surface area contributed by atoms with E-state index >= 15 is 0 Å². The highest BCUT2D eigenvalue weighted by atomic mass is 16.2. The minimum Gasteiger partial charge on any atom is -0.359 e. The predicted molar refractivity (Wildman–Crippen MR) is 170 cm³/mol. The van der Waals surface area contributed by atoms with Gasteiger partial charge >= 0.3 is 5.91 Å². The Hall–Kier alpha value is -5.90. The topological polar surface area (TPSA) is 128 Å². The zero-order valence-electron chi connectivity index (χ0n) is 24.7. The molecular weight excluding hydrogens is 568 g/mol. The smallest absolute Gasteiger partial charge is 0.359 e. The van der Waals surface area contributed by atoms with Crippen LogP contribution < -0.4 is 25.7 Å². The lowest BCUT2D eigenvalue weighted by Gasteiger charge is -2.42. The molecule has 0 saturated carbocycles. The van der Waals surface area contributed by atoms with Crippen LogP contribution in [0.4, 0.5) is 17.5 Å². The third-order valence-corrected chi connectivity index (χ3v) is 7.61. The highest BCUT2D eigenvalue weighted by Crippen LogP contribution is 2.45. The molecule has 0 fully saturated rings. The highest BCUT2D eigenvalue weighted by Gasteiger charge is 2.43. The van der Waals surface area contributed by atoms with Gasteiger partial charge in [0.05, 0.1) is 17.6 Å². The molecule has 3 heterocycles. The number of hydrogen-bond donors (Lipinski definition) is 3. The molecule has 10 heteroatoms. The maximum atomic E-state index is 14.7. The number of nitrogens with zero attached hydrogens (tertiary/aromatic N) is 3. The van der Waals surface area contributed by atoms with E-state index in [2.05, 4.69) is 20.6 Å². The van der Waals surface area contributed by atoms with Crippen LogP contribution in [0.25, 0.3) is 0 Å². The van der Waals surface area contributed by atoms with Gasteiger partial charge in [-0.3, -0.25) is 29.6 Å². The number of aromatic amines is 1. The van der Waals surface area contributed by atoms with Crippen LogP contribution >= 0.6 is 0 Å². The number of anilines is 3. The van der Waals surface area contributed by atoms with E-state index in [0.29, 0.717) is 5.56 Å². The average Bonchev–Trinajstić information content (AvgIpc) is 3.08. The number of nitrogens with one attached hydrogen (secondary N) is 3. The van der Waals surface area contributed by atoms with Gasteiger partial charge in [0.1, 0.15) is 5.56 Å². The lowest BCUT2D eigenvalue weighted by molar-refractivity contribution is -0.570. The lowest BCUT2D eigenvalue weighted by atomic mass is 9.89. The van der Waals surface area contributed by atoms with Crippen molar-refractivity contribution in [3.8, 4) is 0 Å². The molecule has 3 aromatic carbocycles. The zero-order chi connectivity index (χ0) is 31.5. The minimum absolute atomic E-state index is 0.00614. The molecule has 2 amide bonds. The summed E-state index contributed by atoms with van der Waals surface area (Å²) in [6, 6.07) is 29.8. The number of fused-ring (bicyclic) bond motifs is 1. The van der Waals surface area contributed by atoms with Gasteiger partial charge in [0.25, 0.3) is 11.5 Å². The fourth-order valence-electron chi connectivity index (χ4n) is 5.37. The summed E-state index contributed by atoms with van der Waals surface area (Å²) < 4.78 is 1.35. The van der Waals surface area contributed by atoms with E-state index in [0.717, 1.165) is 11.1 Å². The van der Waals surface area contributed by atoms with E-state index in [1.807, 2.05) is 66.7 Å². The van der Waals surface area contributed by atoms with Crippen LogP contribution in [0.2, 0.25) is 0 Å². The molecule has 2 aromatic heterocycles. The van der Waals surface area contributed by atoms with Gasteiger partial charge in [0.2, 0.25) is 11.9 Å². The molecule has 3 N–H and O–H groups in total. The van der Waals surface area contributed by atoms with Crippen molar-refractivity contribution in [2.45, 2.75) is 25.9 Å². The van der Waals surface area contributed by atoms with E-state index < -0.39 is 23.6 Å². The van der Waals surface area contributed by atoms with Crippen molar-refractivity contribution in [2.75, 3.05) is 15.5 Å². The molecule has 6 rings (SSSR count). The Kier molecular flexibility index (Phi) is 8.03. The van der Waals surface area contributed by atoms with Gasteiger partial charge in [0, 0.05) is 12.0 Å². The van der Waals surface area contributed by atoms with Crippen LogP contribution in [0.15, 0.2) is 120 Å². The van der Waals surface area contributed by atoms with E-state index in [9.17, 15) is 19.2 Å². The first kappa shape index (κ1) is 29.2. The fraction of sp³-hybridized carbons (Fsp3) is 0.143. The standard InChI is InChI=1S/C35H30N6O4/c1-22(2)31(42)38-35-37-30-29(32(43)39-35)41(28(24-15-8-4-9-16-24)27(36-30)23-13-6-3-7-14-23)34(45)26-19-12-20-40(21-26)33(44)25-17-10-5-11-18-25/h3-22,27-28H,1-2H3,(H2-,36,37,38,39,42,43)/p+1. The summed E-state index contributed by atoms with van der Waals surface area (Å²) in [6.07, 6.45) is 3.05. The van der Waals surface area contributed by atoms with E-state index in [-0.39, 0.29) is 40.7 Å². The van der Waals surface area contributed by atoms with Gasteiger partial charge in [-0.2, -0.15) is 4.98 Å². The molecule has 1 aliphatic rings. The fourth-order valence-corrected chi connectivity index (χ4v) is 5.37. The summed E-state index contributed by atoms with van der Waals surface area (Å²) in [5.74, 6) is -1.38. The van der Waals surface area contributed by atoms with Crippen molar-refractivity contribution in [3.63, 3.8) is 0 Å². The maximum absolute atomic E-state index is 14.7. The van der Waals surface area contributed by atoms with E-state index in [4.69, 9.17) is 0 Å². The molecular formula is C35H31N6O4+. The molecule has 224 valence electrons. The first-order valence-corrected chi connectivity index (χ1v) is 14.6. The van der Waals surface area contributed by atoms with Crippen LogP contribution in [0.3, 0.4) is 0 Å². The molecule has 45 heavy (non-hydrogen) atoms. The van der Waals surface area contributed by atoms with Crippen LogP contribution in [0.5, 0.6) is 0 Å². The van der Waals surface area contributed by atoms with Crippen molar-refractivity contribution in [1.82, 2.24) is 9.97 Å². The molecule has 1 aliphatic heterocycles. The van der Waals surface area contributed by atoms with Gasteiger partial charge in [-0.1, -0.05) is 92.7 Å². The molecule has 0 aliphatic carbocycles. The Labute approximate surface area is 259 Å². The first-order chi connectivity index (χ1) is 21.8. The Balaban J connectivity index is 1.52. The number of carbonyl (C=O) groups excluding carboxylic acids is 3. The third kappa shape index (κ3) is 5.85. The van der Waals surface area contributed by atoms with Gasteiger partial charge in [-0.05, 0) is 29.3 Å². The molecule has 0 radical (unpaired) electrons. The van der Waals surface area contributed by atoms with Gasteiger partial charge in [-0.25, -0.2) is 4.79 Å². The molecule has 0 saturated heterocycles. The summed E-state index contributed by atoms with van der Waals surface area (Å²) in [4.78, 5) is 62.9. The highest BCUT2D eigenvalue weighted by molar-refractivity contribution is 6.08. The molecule has 5 aromatic rings. The van der Waals surface area contributed by atoms with E-state index in [1.165, 1.54) is 15.7 Å². The van der Waals surface area contributed by atoms with Crippen molar-refractivity contribution in [1.29, 1.82) is 0 Å². The van der Waals surface area contributed by atoms with Crippen LogP contribution in [0.1, 0.15) is 57.8 Å². The van der Waals surface area contributed by atoms with Crippen LogP contribution in [0, 0.1) is 5.92 Å². The van der Waals surface area contributed by atoms with Crippen molar-refractivity contribution in [2.24, 2.45) is 5.92 Å². The normalized spacial score (nSPS) is 15.6. The summed E-state index contributed by atoms with van der Waals surface area (Å²) in [5, 5.41) is 6.05. The predicted octanol–water partition coefficient (Wildman–Crippen LogP) is 4.90. The number of H-pyrrole nitrogens is 1. The SMILES string of the molecule is CC(C)C(=O)Nc1nc2c(c(=O)[nH]1)N(C(=O)c1ccc[n+](C(=O)c3ccccc3)c1)C(c1ccccc1)C(c1ccccc1)N2. The van der Waals surface area contributed by atoms with Crippen molar-refractivity contribution >= 4 is 35.2 Å². The minimum atomic E-state index is -0.689. The molecule has 2 atom stereocenters. The summed E-state index contributed by atoms with van der Waals surface area (Å²) in [7, 11) is 0. The second-order valence-corrected chi connectivity index (χ2v) is 11.0. The molecule has 2 unspecified atom stereocenters. The van der Waals surface area contributed by atoms with Crippen LogP contribution in [-0.2, 0) is 4.79 Å². The van der Waals surface area contributed by atoms with Gasteiger partial charge < -0.3 is 5.32 Å². The Morgan fingerprint density at radius 1 is 0.822 bits per heavy atom. The number of carbonyl (C=O) groups is 3. The summed E-state index contributed by atoms with van der Waals surface area (Å²) >= 11 is 0. The maximum Gasteiger partial charge on any atom is 0.424 e. The molecule has 10 nitrogen and oxygen atoms in total. The monoisotopic (exact) mass is 599 g/mol. The third-order valence-electron chi connectivity index (χ3n) is 7.61. The van der Waals surface area contributed by atoms with Crippen LogP contribution in [-0.4, -0.2) is 27.7 Å². The quantitative estimate of drug-likeness (QED) is 0.238. The van der Waals surface area contributed by atoms with Crippen molar-refractivity contribution < 1.29 is 19.0 Å². The number of rotatable bonds is 6. The number of aromatic nitrogens is 3. The first-order valence-electron chi connectivity index (χ1n) is 14.6. The number of hydrogen-bond acceptors (Lipinski definition) is 6. The Morgan fingerprint density at radius 3 is 2.07 bits per heavy atom. The number of pyridine rings is 1. The van der Waals surface area contributed by atoms with E-state index in [1.54, 1.807) is 56.4 Å². The zero-order valence-corrected chi connectivity index (χ0v) is 24.7. The van der Waals surface area contributed by atoms with Gasteiger partial charge in [0.15, 0.2) is 23.9 Å². The lowest BCUT2D eigenvalue weighted by Crippen LogP contribution is -2.48. The summed E-state index contributed by atoms with van der Waals surface area (Å²) in [6.45, 7) is 3.46. The molecule has 0 bridgehead atoms. The second-order valence-electron chi connectivity index (χ2n) is 11.0. The Bertz CT molecular complexity index is 1930. The molecule has 0 spiro atoms. The second kappa shape index (κ2) is 12.4. The van der Waals surface area contributed by atoms with Gasteiger partial charge in [-0.15, -0.1) is 4.57 Å². The largest absolute Gasteiger partial charge is 0.424 e.